The summed E-state index contributed by atoms with van der Waals surface area (Å²) in [6.07, 6.45) is 5.44. The molecule has 1 saturated heterocycles. The molecule has 39 heavy (non-hydrogen) atoms. The summed E-state index contributed by atoms with van der Waals surface area (Å²) >= 11 is 12.3. The predicted molar refractivity (Wildman–Crippen MR) is 143 cm³/mol. The van der Waals surface area contributed by atoms with E-state index < -0.39 is 10.4 Å². The van der Waals surface area contributed by atoms with E-state index in [-0.39, 0.29) is 54.4 Å². The molecule has 0 spiro atoms. The Morgan fingerprint density at radius 1 is 1.21 bits per heavy atom. The minimum Gasteiger partial charge on any atom is -0.486 e. The lowest BCUT2D eigenvalue weighted by Crippen LogP contribution is -2.51. The van der Waals surface area contributed by atoms with Gasteiger partial charge >= 0.3 is 0 Å². The van der Waals surface area contributed by atoms with Crippen molar-refractivity contribution in [2.24, 2.45) is 11.8 Å². The first-order valence-corrected chi connectivity index (χ1v) is 13.8. The predicted octanol–water partition coefficient (Wildman–Crippen LogP) is 3.30. The lowest BCUT2D eigenvalue weighted by Gasteiger charge is -2.28. The minimum absolute atomic E-state index is 0.000553. The van der Waals surface area contributed by atoms with Gasteiger partial charge in [-0.2, -0.15) is 5.10 Å². The van der Waals surface area contributed by atoms with Gasteiger partial charge in [-0.25, -0.2) is 9.97 Å². The van der Waals surface area contributed by atoms with Gasteiger partial charge in [0, 0.05) is 42.7 Å². The van der Waals surface area contributed by atoms with Gasteiger partial charge in [0.15, 0.2) is 11.6 Å². The van der Waals surface area contributed by atoms with Crippen molar-refractivity contribution in [3.8, 4) is 5.75 Å². The average molecular weight is 571 g/mol. The number of ether oxygens (including phenoxy) is 1. The van der Waals surface area contributed by atoms with Gasteiger partial charge in [0.1, 0.15) is 35.0 Å². The maximum Gasteiger partial charge on any atom is 0.245 e. The smallest absolute Gasteiger partial charge is 0.245 e. The van der Waals surface area contributed by atoms with E-state index in [4.69, 9.17) is 27.9 Å². The van der Waals surface area contributed by atoms with E-state index in [9.17, 15) is 14.4 Å². The van der Waals surface area contributed by atoms with Crippen molar-refractivity contribution in [1.82, 2.24) is 30.0 Å². The molecule has 0 bridgehead atoms. The third-order valence-corrected chi connectivity index (χ3v) is 8.74. The Labute approximate surface area is 235 Å². The number of benzene rings is 1. The molecule has 3 aliphatic rings. The fraction of sp³-hybridized carbons (Fsp3) is 0.481. The van der Waals surface area contributed by atoms with E-state index in [0.717, 1.165) is 6.42 Å². The molecule has 2 aliphatic carbocycles. The number of amides is 2. The van der Waals surface area contributed by atoms with Crippen LogP contribution in [0.5, 0.6) is 5.75 Å². The van der Waals surface area contributed by atoms with Crippen molar-refractivity contribution >= 4 is 51.7 Å². The van der Waals surface area contributed by atoms with Crippen LogP contribution in [0.3, 0.4) is 0 Å². The largest absolute Gasteiger partial charge is 0.486 e. The number of Topliss-reactive ketones (excluding diaryl/α,β-unsaturated/α-hetero) is 1. The first-order chi connectivity index (χ1) is 18.6. The van der Waals surface area contributed by atoms with Gasteiger partial charge < -0.3 is 15.0 Å². The number of carbonyl (C=O) groups is 3. The van der Waals surface area contributed by atoms with Crippen LogP contribution in [0.2, 0.25) is 0 Å². The summed E-state index contributed by atoms with van der Waals surface area (Å²) in [6, 6.07) is 6.33. The Bertz CT molecular complexity index is 1460. The van der Waals surface area contributed by atoms with Crippen molar-refractivity contribution in [3.63, 3.8) is 0 Å². The third-order valence-electron chi connectivity index (χ3n) is 7.87. The molecule has 3 fully saturated rings. The zero-order valence-corrected chi connectivity index (χ0v) is 23.0. The van der Waals surface area contributed by atoms with Gasteiger partial charge in [0.2, 0.25) is 11.8 Å². The van der Waals surface area contributed by atoms with Crippen LogP contribution in [-0.2, 0) is 22.7 Å². The highest BCUT2D eigenvalue weighted by Crippen LogP contribution is 2.55. The number of nitrogens with one attached hydrogen (secondary N) is 1. The normalized spacial score (nSPS) is 25.2. The van der Waals surface area contributed by atoms with Crippen LogP contribution >= 0.6 is 23.2 Å². The van der Waals surface area contributed by atoms with E-state index in [1.165, 1.54) is 11.6 Å². The van der Waals surface area contributed by atoms with Crippen molar-refractivity contribution < 1.29 is 19.1 Å². The molecule has 5 atom stereocenters. The van der Waals surface area contributed by atoms with Gasteiger partial charge in [0.25, 0.3) is 0 Å². The van der Waals surface area contributed by atoms with Crippen LogP contribution in [0, 0.1) is 11.8 Å². The molecule has 2 amide bonds. The van der Waals surface area contributed by atoms with Crippen molar-refractivity contribution in [1.29, 1.82) is 0 Å². The SMILES string of the molecule is CC(=O)c1nn(CC(=O)N2[C@@H]3C[C@@H]3C[C@H]2C(=O)N[C@@H](C)[C@@H]2CC2(Cl)Cl)c2ccc(OCc3ncccn3)cc12. The third kappa shape index (κ3) is 5.07. The van der Waals surface area contributed by atoms with Crippen LogP contribution in [-0.4, -0.2) is 64.7 Å². The van der Waals surface area contributed by atoms with Gasteiger partial charge in [-0.3, -0.25) is 19.1 Å². The molecule has 0 radical (unpaired) electrons. The molecule has 6 rings (SSSR count). The number of rotatable bonds is 9. The second kappa shape index (κ2) is 9.75. The number of hydrogen-bond acceptors (Lipinski definition) is 7. The molecule has 204 valence electrons. The second-order valence-electron chi connectivity index (χ2n) is 10.7. The monoisotopic (exact) mass is 570 g/mol. The highest BCUT2D eigenvalue weighted by molar-refractivity contribution is 6.51. The first kappa shape index (κ1) is 26.0. The molecular weight excluding hydrogens is 543 g/mol. The average Bonchev–Trinajstić information content (AvgIpc) is 3.72. The Morgan fingerprint density at radius 3 is 2.64 bits per heavy atom. The van der Waals surface area contributed by atoms with E-state index in [2.05, 4.69) is 20.4 Å². The molecule has 10 nitrogen and oxygen atoms in total. The number of nitrogens with zero attached hydrogens (tertiary/aromatic N) is 5. The quantitative estimate of drug-likeness (QED) is 0.309. The number of carbonyl (C=O) groups excluding carboxylic acids is 3. The zero-order chi connectivity index (χ0) is 27.5. The number of ketones is 1. The number of likely N-dealkylation sites (tertiary alicyclic amines) is 1. The maximum atomic E-state index is 13.6. The molecule has 1 aromatic carbocycles. The van der Waals surface area contributed by atoms with E-state index in [1.807, 2.05) is 6.92 Å². The van der Waals surface area contributed by atoms with Gasteiger partial charge in [-0.1, -0.05) is 0 Å². The summed E-state index contributed by atoms with van der Waals surface area (Å²) in [5, 5.41) is 8.08. The fourth-order valence-electron chi connectivity index (χ4n) is 5.64. The van der Waals surface area contributed by atoms with Crippen molar-refractivity contribution in [3.05, 3.63) is 48.2 Å². The molecule has 2 aromatic heterocycles. The zero-order valence-electron chi connectivity index (χ0n) is 21.5. The Balaban J connectivity index is 1.19. The van der Waals surface area contributed by atoms with Crippen molar-refractivity contribution in [2.75, 3.05) is 0 Å². The summed E-state index contributed by atoms with van der Waals surface area (Å²) in [6.45, 7) is 3.41. The standard InChI is InChI=1S/C27H28Cl2N6O4/c1-14(19-11-27(19,28)29)32-26(38)22-9-16-8-21(16)35(22)24(37)12-34-20-5-4-17(10-18(20)25(33-34)15(2)36)39-13-23-30-6-3-7-31-23/h3-7,10,14,16,19,21-22H,8-9,11-13H2,1-2H3,(H,32,38)/t14-,16+,19-,21+,22-/m0/s1. The summed E-state index contributed by atoms with van der Waals surface area (Å²) < 4.78 is 6.56. The maximum absolute atomic E-state index is 13.6. The highest BCUT2D eigenvalue weighted by atomic mass is 35.5. The van der Waals surface area contributed by atoms with Gasteiger partial charge in [-0.15, -0.1) is 23.2 Å². The molecule has 12 heteroatoms. The number of aromatic nitrogens is 4. The molecule has 3 heterocycles. The van der Waals surface area contributed by atoms with Crippen LogP contribution in [0.4, 0.5) is 0 Å². The van der Waals surface area contributed by atoms with E-state index in [1.54, 1.807) is 41.6 Å². The number of fused-ring (bicyclic) bond motifs is 2. The molecule has 1 aliphatic heterocycles. The van der Waals surface area contributed by atoms with E-state index in [0.29, 0.717) is 41.2 Å². The summed E-state index contributed by atoms with van der Waals surface area (Å²) in [5.41, 5.74) is 0.885. The number of alkyl halides is 2. The Kier molecular flexibility index (Phi) is 6.50. The topological polar surface area (TPSA) is 119 Å². The molecular formula is C27H28Cl2N6O4. The fourth-order valence-corrected chi connectivity index (χ4v) is 6.35. The summed E-state index contributed by atoms with van der Waals surface area (Å²) in [7, 11) is 0. The van der Waals surface area contributed by atoms with Crippen molar-refractivity contribution in [2.45, 2.75) is 68.7 Å². The van der Waals surface area contributed by atoms with Crippen LogP contribution in [0.1, 0.15) is 49.4 Å². The Morgan fingerprint density at radius 2 is 1.95 bits per heavy atom. The van der Waals surface area contributed by atoms with Gasteiger partial charge in [-0.05, 0) is 56.4 Å². The molecule has 2 saturated carbocycles. The molecule has 3 aromatic rings. The van der Waals surface area contributed by atoms with E-state index >= 15 is 0 Å². The molecule has 0 unspecified atom stereocenters. The van der Waals surface area contributed by atoms with Crippen LogP contribution in [0.25, 0.3) is 10.9 Å². The number of halogens is 2. The highest BCUT2D eigenvalue weighted by Gasteiger charge is 2.58. The van der Waals surface area contributed by atoms with Gasteiger partial charge in [0.05, 0.1) is 5.52 Å². The minimum atomic E-state index is -0.796. The Hall–Kier alpha value is -3.24. The lowest BCUT2D eigenvalue weighted by atomic mass is 10.1. The molecule has 1 N–H and O–H groups in total. The second-order valence-corrected chi connectivity index (χ2v) is 12.2. The summed E-state index contributed by atoms with van der Waals surface area (Å²) in [4.78, 5) is 49.1. The lowest BCUT2D eigenvalue weighted by molar-refractivity contribution is -0.140. The summed E-state index contributed by atoms with van der Waals surface area (Å²) in [5.74, 6) is 0.782. The number of hydrogen-bond donors (Lipinski definition) is 1. The number of piperidine rings is 1. The first-order valence-electron chi connectivity index (χ1n) is 13.0. The van der Waals surface area contributed by atoms with Crippen LogP contribution in [0.15, 0.2) is 36.7 Å². The van der Waals surface area contributed by atoms with Crippen LogP contribution < -0.4 is 10.1 Å².